The minimum Gasteiger partial charge on any atom is -0.493 e. The minimum absolute atomic E-state index is 0.163. The molecule has 0 saturated carbocycles. The first kappa shape index (κ1) is 23.6. The van der Waals surface area contributed by atoms with Gasteiger partial charge in [0.15, 0.2) is 11.5 Å². The molecular formula is C22H20BrClN2O6. The molecule has 3 rings (SSSR count). The minimum atomic E-state index is -0.696. The first-order valence-corrected chi connectivity index (χ1v) is 10.6. The normalized spacial score (nSPS) is 14.0. The third-order valence-electron chi connectivity index (χ3n) is 4.62. The van der Waals surface area contributed by atoms with Crippen molar-refractivity contribution in [2.75, 3.05) is 34.4 Å². The molecule has 0 radical (unpaired) electrons. The molecule has 2 aromatic carbocycles. The van der Waals surface area contributed by atoms with Crippen molar-refractivity contribution in [1.29, 1.82) is 0 Å². The Morgan fingerprint density at radius 2 is 1.56 bits per heavy atom. The molecule has 0 unspecified atom stereocenters. The summed E-state index contributed by atoms with van der Waals surface area (Å²) in [5.41, 5.74) is 0.280. The van der Waals surface area contributed by atoms with E-state index < -0.39 is 17.8 Å². The van der Waals surface area contributed by atoms with Crippen molar-refractivity contribution >= 4 is 51.5 Å². The summed E-state index contributed by atoms with van der Waals surface area (Å²) in [6.45, 7) is 0.490. The molecule has 168 valence electrons. The van der Waals surface area contributed by atoms with E-state index >= 15 is 0 Å². The van der Waals surface area contributed by atoms with Crippen LogP contribution in [0.5, 0.6) is 17.2 Å². The molecule has 0 bridgehead atoms. The van der Waals surface area contributed by atoms with Crippen LogP contribution in [0.4, 0.5) is 4.79 Å². The van der Waals surface area contributed by atoms with Crippen LogP contribution in [0.1, 0.15) is 5.56 Å². The molecule has 10 heteroatoms. The summed E-state index contributed by atoms with van der Waals surface area (Å²) in [6.07, 6.45) is 1.36. The van der Waals surface area contributed by atoms with Crippen LogP contribution in [0.25, 0.3) is 6.08 Å². The lowest BCUT2D eigenvalue weighted by Crippen LogP contribution is -2.52. The van der Waals surface area contributed by atoms with Gasteiger partial charge in [-0.05, 0) is 48.0 Å². The van der Waals surface area contributed by atoms with Gasteiger partial charge < -0.3 is 14.2 Å². The lowest BCUT2D eigenvalue weighted by atomic mass is 10.1. The third-order valence-corrected chi connectivity index (χ3v) is 5.43. The van der Waals surface area contributed by atoms with E-state index in [1.54, 1.807) is 12.1 Å². The molecule has 1 aliphatic rings. The number of hydrogen-bond acceptors (Lipinski definition) is 6. The van der Waals surface area contributed by atoms with Gasteiger partial charge in [0.05, 0.1) is 12.1 Å². The first-order valence-electron chi connectivity index (χ1n) is 9.43. The number of benzene rings is 2. The SMILES string of the molecule is COc1cc(C=C2C(=O)N(C)C(=O)N(C)C2=O)cc(Cl)c1OCCOc1ccc(Br)cc1. The van der Waals surface area contributed by atoms with Gasteiger partial charge in [-0.1, -0.05) is 27.5 Å². The number of imide groups is 2. The second-order valence-corrected chi connectivity index (χ2v) is 8.08. The molecule has 2 aromatic rings. The van der Waals surface area contributed by atoms with Crippen molar-refractivity contribution < 1.29 is 28.6 Å². The maximum absolute atomic E-state index is 12.4. The standard InChI is InChI=1S/C22H20BrClN2O6/c1-25-20(27)16(21(28)26(2)22(25)29)10-13-11-17(24)19(18(12-13)30-3)32-9-8-31-15-6-4-14(23)5-7-15/h4-7,10-12H,8-9H2,1-3H3. The molecular weight excluding hydrogens is 504 g/mol. The van der Waals surface area contributed by atoms with Crippen molar-refractivity contribution in [3.63, 3.8) is 0 Å². The Hall–Kier alpha value is -3.04. The smallest absolute Gasteiger partial charge is 0.333 e. The number of amides is 4. The van der Waals surface area contributed by atoms with Gasteiger partial charge >= 0.3 is 6.03 Å². The van der Waals surface area contributed by atoms with Gasteiger partial charge in [-0.25, -0.2) is 4.79 Å². The van der Waals surface area contributed by atoms with Crippen molar-refractivity contribution in [1.82, 2.24) is 9.80 Å². The average Bonchev–Trinajstić information content (AvgIpc) is 2.78. The third kappa shape index (κ3) is 5.05. The maximum Gasteiger partial charge on any atom is 0.333 e. The van der Waals surface area contributed by atoms with E-state index in [0.717, 1.165) is 14.3 Å². The molecule has 32 heavy (non-hydrogen) atoms. The molecule has 0 atom stereocenters. The second kappa shape index (κ2) is 10.1. The summed E-state index contributed by atoms with van der Waals surface area (Å²) >= 11 is 9.74. The van der Waals surface area contributed by atoms with Gasteiger partial charge in [-0.15, -0.1) is 0 Å². The summed E-state index contributed by atoms with van der Waals surface area (Å²) < 4.78 is 17.7. The number of hydrogen-bond donors (Lipinski definition) is 0. The van der Waals surface area contributed by atoms with Crippen LogP contribution in [-0.2, 0) is 9.59 Å². The van der Waals surface area contributed by atoms with Gasteiger partial charge in [0, 0.05) is 18.6 Å². The van der Waals surface area contributed by atoms with E-state index in [0.29, 0.717) is 22.8 Å². The van der Waals surface area contributed by atoms with E-state index in [1.165, 1.54) is 27.3 Å². The monoisotopic (exact) mass is 522 g/mol. The van der Waals surface area contributed by atoms with Crippen LogP contribution >= 0.6 is 27.5 Å². The predicted octanol–water partition coefficient (Wildman–Crippen LogP) is 4.00. The molecule has 1 saturated heterocycles. The van der Waals surface area contributed by atoms with Crippen molar-refractivity contribution in [3.8, 4) is 17.2 Å². The summed E-state index contributed by atoms with van der Waals surface area (Å²) in [5.74, 6) is -0.0628. The predicted molar refractivity (Wildman–Crippen MR) is 122 cm³/mol. The van der Waals surface area contributed by atoms with Gasteiger partial charge in [0.2, 0.25) is 0 Å². The zero-order chi connectivity index (χ0) is 23.4. The number of carbonyl (C=O) groups is 3. The number of barbiturate groups is 1. The van der Waals surface area contributed by atoms with Crippen LogP contribution in [0.2, 0.25) is 5.02 Å². The molecule has 1 fully saturated rings. The summed E-state index contributed by atoms with van der Waals surface area (Å²) in [5, 5.41) is 0.230. The number of carbonyl (C=O) groups excluding carboxylic acids is 3. The van der Waals surface area contributed by atoms with Crippen LogP contribution < -0.4 is 14.2 Å². The van der Waals surface area contributed by atoms with E-state index in [1.807, 2.05) is 24.3 Å². The van der Waals surface area contributed by atoms with Crippen LogP contribution in [-0.4, -0.2) is 62.1 Å². The highest BCUT2D eigenvalue weighted by atomic mass is 79.9. The Kier molecular flexibility index (Phi) is 7.42. The number of nitrogens with zero attached hydrogens (tertiary/aromatic N) is 2. The highest BCUT2D eigenvalue weighted by Gasteiger charge is 2.37. The Morgan fingerprint density at radius 3 is 2.16 bits per heavy atom. The van der Waals surface area contributed by atoms with Gasteiger partial charge in [0.1, 0.15) is 24.5 Å². The van der Waals surface area contributed by atoms with E-state index in [4.69, 9.17) is 25.8 Å². The summed E-state index contributed by atoms with van der Waals surface area (Å²) in [4.78, 5) is 38.4. The van der Waals surface area contributed by atoms with Crippen LogP contribution in [0.15, 0.2) is 46.4 Å². The number of methoxy groups -OCH3 is 1. The molecule has 1 aliphatic heterocycles. The molecule has 0 spiro atoms. The zero-order valence-electron chi connectivity index (χ0n) is 17.6. The van der Waals surface area contributed by atoms with Crippen molar-refractivity contribution in [2.45, 2.75) is 0 Å². The summed E-state index contributed by atoms with van der Waals surface area (Å²) in [6, 6.07) is 9.83. The topological polar surface area (TPSA) is 85.4 Å². The van der Waals surface area contributed by atoms with Crippen LogP contribution in [0, 0.1) is 0 Å². The van der Waals surface area contributed by atoms with E-state index in [9.17, 15) is 14.4 Å². The maximum atomic E-state index is 12.4. The van der Waals surface area contributed by atoms with E-state index in [2.05, 4.69) is 15.9 Å². The Bertz CT molecular complexity index is 1060. The largest absolute Gasteiger partial charge is 0.493 e. The highest BCUT2D eigenvalue weighted by molar-refractivity contribution is 9.10. The fraction of sp³-hybridized carbons (Fsp3) is 0.227. The molecule has 8 nitrogen and oxygen atoms in total. The van der Waals surface area contributed by atoms with Crippen molar-refractivity contribution in [2.24, 2.45) is 0 Å². The molecule has 0 N–H and O–H groups in total. The fourth-order valence-electron chi connectivity index (χ4n) is 2.94. The second-order valence-electron chi connectivity index (χ2n) is 6.75. The molecule has 1 heterocycles. The number of halogens is 2. The number of likely N-dealkylation sites (N-methyl/N-ethyl adjacent to an activating group) is 2. The van der Waals surface area contributed by atoms with Gasteiger partial charge in [-0.3, -0.25) is 19.4 Å². The van der Waals surface area contributed by atoms with Gasteiger partial charge in [0.25, 0.3) is 11.8 Å². The Balaban J connectivity index is 1.75. The highest BCUT2D eigenvalue weighted by Crippen LogP contribution is 2.37. The number of urea groups is 1. The molecule has 0 aromatic heterocycles. The first-order chi connectivity index (χ1) is 15.2. The average molecular weight is 524 g/mol. The zero-order valence-corrected chi connectivity index (χ0v) is 19.9. The number of ether oxygens (including phenoxy) is 3. The van der Waals surface area contributed by atoms with Gasteiger partial charge in [-0.2, -0.15) is 0 Å². The van der Waals surface area contributed by atoms with E-state index in [-0.39, 0.29) is 23.8 Å². The Morgan fingerprint density at radius 1 is 0.969 bits per heavy atom. The lowest BCUT2D eigenvalue weighted by Gasteiger charge is -2.28. The lowest BCUT2D eigenvalue weighted by molar-refractivity contribution is -0.134. The fourth-order valence-corrected chi connectivity index (χ4v) is 3.48. The Labute approximate surface area is 198 Å². The van der Waals surface area contributed by atoms with Crippen molar-refractivity contribution in [3.05, 3.63) is 57.0 Å². The van der Waals surface area contributed by atoms with Crippen LogP contribution in [0.3, 0.4) is 0 Å². The summed E-state index contributed by atoms with van der Waals surface area (Å²) in [7, 11) is 4.06. The molecule has 0 aliphatic carbocycles. The number of rotatable bonds is 7. The quantitative estimate of drug-likeness (QED) is 0.310. The molecule has 4 amide bonds.